The van der Waals surface area contributed by atoms with Crippen LogP contribution in [0.1, 0.15) is 26.7 Å². The standard InChI is InChI=1S/C13H26N4O3S/c1-4-12(2)16(3)8-6-15-21(19,20)13-10-14-17(11-13)7-5-9-18/h10-12,15,18H,4-9H2,1-3H3. The van der Waals surface area contributed by atoms with Gasteiger partial charge in [0.15, 0.2) is 0 Å². The van der Waals surface area contributed by atoms with Crippen LogP contribution in [0.5, 0.6) is 0 Å². The van der Waals surface area contributed by atoms with E-state index in [1.807, 2.05) is 7.05 Å². The van der Waals surface area contributed by atoms with Gasteiger partial charge >= 0.3 is 0 Å². The first-order valence-electron chi connectivity index (χ1n) is 7.24. The second-order valence-corrected chi connectivity index (χ2v) is 6.92. The third kappa shape index (κ3) is 5.74. The molecule has 1 aromatic rings. The number of rotatable bonds is 10. The third-order valence-corrected chi connectivity index (χ3v) is 4.98. The van der Waals surface area contributed by atoms with Gasteiger partial charge in [0.2, 0.25) is 10.0 Å². The molecule has 0 aliphatic heterocycles. The van der Waals surface area contributed by atoms with Crippen LogP contribution in [-0.2, 0) is 16.6 Å². The molecule has 1 aromatic heterocycles. The van der Waals surface area contributed by atoms with Crippen molar-refractivity contribution in [3.05, 3.63) is 12.4 Å². The quantitative estimate of drug-likeness (QED) is 0.647. The molecular formula is C13H26N4O3S. The fourth-order valence-electron chi connectivity index (χ4n) is 1.81. The van der Waals surface area contributed by atoms with E-state index in [0.717, 1.165) is 6.42 Å². The van der Waals surface area contributed by atoms with Crippen LogP contribution in [0.25, 0.3) is 0 Å². The summed E-state index contributed by atoms with van der Waals surface area (Å²) in [7, 11) is -1.53. The van der Waals surface area contributed by atoms with Crippen molar-refractivity contribution >= 4 is 10.0 Å². The number of aromatic nitrogens is 2. The van der Waals surface area contributed by atoms with E-state index in [0.29, 0.717) is 32.1 Å². The number of aliphatic hydroxyl groups excluding tert-OH is 1. The lowest BCUT2D eigenvalue weighted by atomic mass is 10.2. The van der Waals surface area contributed by atoms with Gasteiger partial charge in [0.05, 0.1) is 6.20 Å². The number of hydrogen-bond acceptors (Lipinski definition) is 5. The van der Waals surface area contributed by atoms with Gasteiger partial charge in [-0.2, -0.15) is 5.10 Å². The van der Waals surface area contributed by atoms with Crippen molar-refractivity contribution in [2.45, 2.75) is 44.2 Å². The monoisotopic (exact) mass is 318 g/mol. The Morgan fingerprint density at radius 1 is 1.52 bits per heavy atom. The molecule has 7 nitrogen and oxygen atoms in total. The Morgan fingerprint density at radius 2 is 2.24 bits per heavy atom. The lowest BCUT2D eigenvalue weighted by molar-refractivity contribution is 0.256. The fourth-order valence-corrected chi connectivity index (χ4v) is 2.78. The fraction of sp³-hybridized carbons (Fsp3) is 0.769. The summed E-state index contributed by atoms with van der Waals surface area (Å²) in [5.74, 6) is 0. The zero-order valence-electron chi connectivity index (χ0n) is 13.0. The van der Waals surface area contributed by atoms with Gasteiger partial charge < -0.3 is 10.0 Å². The number of likely N-dealkylation sites (N-methyl/N-ethyl adjacent to an activating group) is 1. The summed E-state index contributed by atoms with van der Waals surface area (Å²) < 4.78 is 28.3. The average Bonchev–Trinajstić information content (AvgIpc) is 2.93. The average molecular weight is 318 g/mol. The van der Waals surface area contributed by atoms with E-state index in [2.05, 4.69) is 28.6 Å². The minimum absolute atomic E-state index is 0.0577. The number of hydrogen-bond donors (Lipinski definition) is 2. The minimum atomic E-state index is -3.52. The number of aliphatic hydroxyl groups is 1. The van der Waals surface area contributed by atoms with Crippen molar-refractivity contribution in [1.29, 1.82) is 0 Å². The van der Waals surface area contributed by atoms with Gasteiger partial charge in [-0.1, -0.05) is 6.92 Å². The molecule has 1 rings (SSSR count). The normalized spacial score (nSPS) is 13.8. The Hall–Kier alpha value is -0.960. The topological polar surface area (TPSA) is 87.5 Å². The highest BCUT2D eigenvalue weighted by Crippen LogP contribution is 2.07. The highest BCUT2D eigenvalue weighted by molar-refractivity contribution is 7.89. The molecule has 0 fully saturated rings. The molecule has 0 saturated carbocycles. The predicted octanol–water partition coefficient (Wildman–Crippen LogP) is 0.274. The molecule has 0 aliphatic carbocycles. The largest absolute Gasteiger partial charge is 0.396 e. The summed E-state index contributed by atoms with van der Waals surface area (Å²) in [4.78, 5) is 2.28. The lowest BCUT2D eigenvalue weighted by Crippen LogP contribution is -2.36. The van der Waals surface area contributed by atoms with E-state index >= 15 is 0 Å². The zero-order chi connectivity index (χ0) is 15.9. The molecule has 21 heavy (non-hydrogen) atoms. The maximum atomic E-state index is 12.1. The van der Waals surface area contributed by atoms with Crippen molar-refractivity contribution in [3.63, 3.8) is 0 Å². The van der Waals surface area contributed by atoms with E-state index in [-0.39, 0.29) is 11.5 Å². The molecule has 0 aliphatic rings. The summed E-state index contributed by atoms with van der Waals surface area (Å²) >= 11 is 0. The molecule has 0 bridgehead atoms. The predicted molar refractivity (Wildman–Crippen MR) is 81.5 cm³/mol. The van der Waals surface area contributed by atoms with Crippen molar-refractivity contribution in [2.24, 2.45) is 0 Å². The number of nitrogens with one attached hydrogen (secondary N) is 1. The van der Waals surface area contributed by atoms with Crippen LogP contribution >= 0.6 is 0 Å². The van der Waals surface area contributed by atoms with Crippen molar-refractivity contribution in [2.75, 3.05) is 26.7 Å². The first-order valence-corrected chi connectivity index (χ1v) is 8.72. The van der Waals surface area contributed by atoms with Crippen molar-refractivity contribution in [1.82, 2.24) is 19.4 Å². The van der Waals surface area contributed by atoms with E-state index in [1.54, 1.807) is 0 Å². The minimum Gasteiger partial charge on any atom is -0.396 e. The molecule has 1 atom stereocenters. The van der Waals surface area contributed by atoms with Gasteiger partial charge in [0.25, 0.3) is 0 Å². The van der Waals surface area contributed by atoms with Crippen LogP contribution in [0.15, 0.2) is 17.3 Å². The molecule has 8 heteroatoms. The lowest BCUT2D eigenvalue weighted by Gasteiger charge is -2.23. The molecule has 1 heterocycles. The molecule has 1 unspecified atom stereocenters. The molecule has 0 saturated heterocycles. The first kappa shape index (κ1) is 18.1. The molecule has 0 spiro atoms. The van der Waals surface area contributed by atoms with Gasteiger partial charge in [-0.25, -0.2) is 13.1 Å². The number of nitrogens with zero attached hydrogens (tertiary/aromatic N) is 3. The molecule has 2 N–H and O–H groups in total. The molecule has 0 radical (unpaired) electrons. The summed E-state index contributed by atoms with van der Waals surface area (Å²) in [6.07, 6.45) is 4.39. The van der Waals surface area contributed by atoms with E-state index in [9.17, 15) is 8.42 Å². The smallest absolute Gasteiger partial charge is 0.243 e. The molecule has 0 amide bonds. The number of sulfonamides is 1. The van der Waals surface area contributed by atoms with Crippen LogP contribution in [0.4, 0.5) is 0 Å². The second kappa shape index (κ2) is 8.47. The van der Waals surface area contributed by atoms with Crippen LogP contribution in [0, 0.1) is 0 Å². The Labute approximate surface area is 127 Å². The summed E-state index contributed by atoms with van der Waals surface area (Å²) in [5, 5.41) is 12.7. The van der Waals surface area contributed by atoms with Gasteiger partial charge in [-0.3, -0.25) is 4.68 Å². The third-order valence-electron chi connectivity index (χ3n) is 3.57. The highest BCUT2D eigenvalue weighted by Gasteiger charge is 2.16. The van der Waals surface area contributed by atoms with Crippen molar-refractivity contribution in [3.8, 4) is 0 Å². The van der Waals surface area contributed by atoms with Crippen LogP contribution < -0.4 is 4.72 Å². The van der Waals surface area contributed by atoms with Crippen molar-refractivity contribution < 1.29 is 13.5 Å². The maximum absolute atomic E-state index is 12.1. The van der Waals surface area contributed by atoms with Crippen LogP contribution in [0.2, 0.25) is 0 Å². The molecular weight excluding hydrogens is 292 g/mol. The molecule has 0 aromatic carbocycles. The SMILES string of the molecule is CCC(C)N(C)CCNS(=O)(=O)c1cnn(CCCO)c1. The van der Waals surface area contributed by atoms with Gasteiger partial charge in [-0.05, 0) is 26.8 Å². The number of aryl methyl sites for hydroxylation is 1. The Kier molecular flexibility index (Phi) is 7.30. The Morgan fingerprint density at radius 3 is 2.86 bits per heavy atom. The Balaban J connectivity index is 2.51. The summed E-state index contributed by atoms with van der Waals surface area (Å²) in [6, 6.07) is 0.427. The summed E-state index contributed by atoms with van der Waals surface area (Å²) in [5.41, 5.74) is 0. The second-order valence-electron chi connectivity index (χ2n) is 5.15. The van der Waals surface area contributed by atoms with Gasteiger partial charge in [-0.15, -0.1) is 0 Å². The Bertz CT molecular complexity index is 515. The van der Waals surface area contributed by atoms with E-state index in [4.69, 9.17) is 5.11 Å². The first-order chi connectivity index (χ1) is 9.90. The van der Waals surface area contributed by atoms with E-state index < -0.39 is 10.0 Å². The van der Waals surface area contributed by atoms with Crippen LogP contribution in [-0.4, -0.2) is 61.0 Å². The summed E-state index contributed by atoms with van der Waals surface area (Å²) in [6.45, 7) is 5.80. The van der Waals surface area contributed by atoms with Gasteiger partial charge in [0, 0.05) is 38.5 Å². The van der Waals surface area contributed by atoms with Crippen LogP contribution in [0.3, 0.4) is 0 Å². The highest BCUT2D eigenvalue weighted by atomic mass is 32.2. The zero-order valence-corrected chi connectivity index (χ0v) is 13.8. The van der Waals surface area contributed by atoms with Gasteiger partial charge in [0.1, 0.15) is 4.90 Å². The maximum Gasteiger partial charge on any atom is 0.243 e. The van der Waals surface area contributed by atoms with E-state index in [1.165, 1.54) is 17.1 Å². The molecule has 122 valence electrons.